The molecule has 2 aromatic carbocycles. The molecule has 0 unspecified atom stereocenters. The SMILES string of the molecule is COc1c(/C(C)=C/C(=O)NCc2ccco2)cc2c(-c3ccc(Br)cc3)coc2c1C. The Kier molecular flexibility index (Phi) is 6.00. The molecule has 0 saturated heterocycles. The number of allylic oxidation sites excluding steroid dienone is 1. The second-order valence-corrected chi connectivity index (χ2v) is 8.16. The number of rotatable bonds is 6. The highest BCUT2D eigenvalue weighted by molar-refractivity contribution is 9.10. The number of aryl methyl sites for hydroxylation is 1. The quantitative estimate of drug-likeness (QED) is 0.321. The number of halogens is 1. The maximum Gasteiger partial charge on any atom is 0.244 e. The molecular formula is C25H22BrNO4. The Morgan fingerprint density at radius 3 is 2.65 bits per heavy atom. The van der Waals surface area contributed by atoms with Crippen LogP contribution in [-0.4, -0.2) is 13.0 Å². The average molecular weight is 480 g/mol. The number of nitrogens with one attached hydrogen (secondary N) is 1. The summed E-state index contributed by atoms with van der Waals surface area (Å²) in [6.07, 6.45) is 4.92. The van der Waals surface area contributed by atoms with Crippen molar-refractivity contribution in [1.29, 1.82) is 0 Å². The van der Waals surface area contributed by atoms with Crippen LogP contribution in [0.1, 0.15) is 23.8 Å². The monoisotopic (exact) mass is 479 g/mol. The first kappa shape index (κ1) is 21.0. The fourth-order valence-electron chi connectivity index (χ4n) is 3.64. The number of ether oxygens (including phenoxy) is 1. The number of hydrogen-bond acceptors (Lipinski definition) is 4. The third kappa shape index (κ3) is 4.30. The van der Waals surface area contributed by atoms with Gasteiger partial charge in [-0.05, 0) is 55.3 Å². The van der Waals surface area contributed by atoms with Gasteiger partial charge in [-0.1, -0.05) is 28.1 Å². The Hall–Kier alpha value is -3.25. The lowest BCUT2D eigenvalue weighted by atomic mass is 9.96. The minimum absolute atomic E-state index is 0.200. The van der Waals surface area contributed by atoms with Gasteiger partial charge in [0.15, 0.2) is 0 Å². The summed E-state index contributed by atoms with van der Waals surface area (Å²) in [4.78, 5) is 12.4. The average Bonchev–Trinajstić information content (AvgIpc) is 3.43. The Balaban J connectivity index is 1.72. The second-order valence-electron chi connectivity index (χ2n) is 7.24. The van der Waals surface area contributed by atoms with E-state index in [1.807, 2.05) is 50.2 Å². The Morgan fingerprint density at radius 2 is 1.97 bits per heavy atom. The van der Waals surface area contributed by atoms with Crippen molar-refractivity contribution in [3.8, 4) is 16.9 Å². The molecule has 1 N–H and O–H groups in total. The van der Waals surface area contributed by atoms with E-state index in [2.05, 4.69) is 21.2 Å². The summed E-state index contributed by atoms with van der Waals surface area (Å²) in [6.45, 7) is 4.19. The molecule has 31 heavy (non-hydrogen) atoms. The van der Waals surface area contributed by atoms with Crippen LogP contribution in [0.3, 0.4) is 0 Å². The summed E-state index contributed by atoms with van der Waals surface area (Å²) in [5.74, 6) is 1.19. The Labute approximate surface area is 188 Å². The van der Waals surface area contributed by atoms with E-state index < -0.39 is 0 Å². The number of methoxy groups -OCH3 is 1. The van der Waals surface area contributed by atoms with E-state index >= 15 is 0 Å². The van der Waals surface area contributed by atoms with Gasteiger partial charge in [-0.15, -0.1) is 0 Å². The van der Waals surface area contributed by atoms with Crippen LogP contribution in [0.15, 0.2) is 74.4 Å². The zero-order chi connectivity index (χ0) is 22.0. The van der Waals surface area contributed by atoms with E-state index in [9.17, 15) is 4.79 Å². The van der Waals surface area contributed by atoms with E-state index in [1.165, 1.54) is 0 Å². The molecule has 2 aromatic heterocycles. The van der Waals surface area contributed by atoms with Crippen LogP contribution in [0.2, 0.25) is 0 Å². The standard InChI is InChI=1S/C25H22BrNO4/c1-15(11-23(28)27-13-19-5-4-10-30-19)20-12-21-22(17-6-8-18(26)9-7-17)14-31-25(21)16(2)24(20)29-3/h4-12,14H,13H2,1-3H3,(H,27,28)/b15-11+. The van der Waals surface area contributed by atoms with Gasteiger partial charge in [0.05, 0.1) is 26.2 Å². The Morgan fingerprint density at radius 1 is 1.19 bits per heavy atom. The number of carbonyl (C=O) groups is 1. The zero-order valence-electron chi connectivity index (χ0n) is 17.5. The number of fused-ring (bicyclic) bond motifs is 1. The number of carbonyl (C=O) groups excluding carboxylic acids is 1. The molecule has 5 nitrogen and oxygen atoms in total. The lowest BCUT2D eigenvalue weighted by Crippen LogP contribution is -2.20. The van der Waals surface area contributed by atoms with Crippen molar-refractivity contribution < 1.29 is 18.4 Å². The van der Waals surface area contributed by atoms with Gasteiger partial charge < -0.3 is 18.9 Å². The number of benzene rings is 2. The van der Waals surface area contributed by atoms with Crippen LogP contribution in [0.25, 0.3) is 27.7 Å². The van der Waals surface area contributed by atoms with Gasteiger partial charge in [0.2, 0.25) is 5.91 Å². The van der Waals surface area contributed by atoms with E-state index in [1.54, 1.807) is 31.8 Å². The predicted octanol–water partition coefficient (Wildman–Crippen LogP) is 6.49. The van der Waals surface area contributed by atoms with Crippen molar-refractivity contribution in [2.24, 2.45) is 0 Å². The molecule has 4 aromatic rings. The molecule has 1 amide bonds. The number of amides is 1. The minimum Gasteiger partial charge on any atom is -0.496 e. The second kappa shape index (κ2) is 8.86. The molecule has 0 aliphatic carbocycles. The molecule has 6 heteroatoms. The molecule has 0 radical (unpaired) electrons. The first-order valence-corrected chi connectivity index (χ1v) is 10.6. The smallest absolute Gasteiger partial charge is 0.244 e. The Bertz CT molecular complexity index is 1250. The van der Waals surface area contributed by atoms with Crippen molar-refractivity contribution >= 4 is 38.4 Å². The van der Waals surface area contributed by atoms with Crippen molar-refractivity contribution in [3.05, 3.63) is 82.4 Å². The summed E-state index contributed by atoms with van der Waals surface area (Å²) in [5.41, 5.74) is 5.35. The first-order valence-electron chi connectivity index (χ1n) is 9.81. The molecule has 0 spiro atoms. The highest BCUT2D eigenvalue weighted by Crippen LogP contribution is 2.40. The van der Waals surface area contributed by atoms with Crippen molar-refractivity contribution in [2.75, 3.05) is 7.11 Å². The zero-order valence-corrected chi connectivity index (χ0v) is 19.1. The van der Waals surface area contributed by atoms with Gasteiger partial charge in [-0.25, -0.2) is 0 Å². The van der Waals surface area contributed by atoms with Gasteiger partial charge in [-0.3, -0.25) is 4.79 Å². The highest BCUT2D eigenvalue weighted by Gasteiger charge is 2.18. The molecular weight excluding hydrogens is 458 g/mol. The van der Waals surface area contributed by atoms with Gasteiger partial charge in [-0.2, -0.15) is 0 Å². The molecule has 0 aliphatic heterocycles. The van der Waals surface area contributed by atoms with Gasteiger partial charge in [0.25, 0.3) is 0 Å². The van der Waals surface area contributed by atoms with Crippen LogP contribution < -0.4 is 10.1 Å². The van der Waals surface area contributed by atoms with Crippen LogP contribution in [0.5, 0.6) is 5.75 Å². The topological polar surface area (TPSA) is 64.6 Å². The number of hydrogen-bond donors (Lipinski definition) is 1. The van der Waals surface area contributed by atoms with Crippen molar-refractivity contribution in [1.82, 2.24) is 5.32 Å². The molecule has 158 valence electrons. The summed E-state index contributed by atoms with van der Waals surface area (Å²) in [6, 6.07) is 13.7. The molecule has 2 heterocycles. The first-order chi connectivity index (χ1) is 15.0. The van der Waals surface area contributed by atoms with Gasteiger partial charge in [0.1, 0.15) is 17.1 Å². The van der Waals surface area contributed by atoms with Crippen LogP contribution >= 0.6 is 15.9 Å². The third-order valence-corrected chi connectivity index (χ3v) is 5.72. The summed E-state index contributed by atoms with van der Waals surface area (Å²) in [7, 11) is 1.63. The summed E-state index contributed by atoms with van der Waals surface area (Å²) < 4.78 is 17.9. The maximum absolute atomic E-state index is 12.4. The summed E-state index contributed by atoms with van der Waals surface area (Å²) in [5, 5.41) is 3.81. The van der Waals surface area contributed by atoms with Crippen LogP contribution in [0.4, 0.5) is 0 Å². The molecule has 0 bridgehead atoms. The van der Waals surface area contributed by atoms with Crippen molar-refractivity contribution in [2.45, 2.75) is 20.4 Å². The van der Waals surface area contributed by atoms with Crippen LogP contribution in [0, 0.1) is 6.92 Å². The molecule has 0 fully saturated rings. The molecule has 4 rings (SSSR count). The van der Waals surface area contributed by atoms with Gasteiger partial charge >= 0.3 is 0 Å². The highest BCUT2D eigenvalue weighted by atomic mass is 79.9. The van der Waals surface area contributed by atoms with E-state index in [0.717, 1.165) is 43.3 Å². The van der Waals surface area contributed by atoms with Crippen molar-refractivity contribution in [3.63, 3.8) is 0 Å². The van der Waals surface area contributed by atoms with Crippen LogP contribution in [-0.2, 0) is 11.3 Å². The third-order valence-electron chi connectivity index (χ3n) is 5.19. The van der Waals surface area contributed by atoms with Gasteiger partial charge in [0, 0.05) is 32.6 Å². The molecule has 0 saturated carbocycles. The van der Waals surface area contributed by atoms with E-state index in [4.69, 9.17) is 13.6 Å². The summed E-state index contributed by atoms with van der Waals surface area (Å²) >= 11 is 3.48. The largest absolute Gasteiger partial charge is 0.496 e. The van der Waals surface area contributed by atoms with E-state index in [-0.39, 0.29) is 5.91 Å². The number of furan rings is 2. The van der Waals surface area contributed by atoms with E-state index in [0.29, 0.717) is 18.1 Å². The lowest BCUT2D eigenvalue weighted by molar-refractivity contribution is -0.116. The lowest BCUT2D eigenvalue weighted by Gasteiger charge is -2.13. The molecule has 0 atom stereocenters. The maximum atomic E-state index is 12.4. The predicted molar refractivity (Wildman–Crippen MR) is 125 cm³/mol. The normalized spacial score (nSPS) is 11.7. The molecule has 0 aliphatic rings. The fraction of sp³-hybridized carbons (Fsp3) is 0.160. The fourth-order valence-corrected chi connectivity index (χ4v) is 3.90. The minimum atomic E-state index is -0.200.